The third-order valence-corrected chi connectivity index (χ3v) is 2.63. The van der Waals surface area contributed by atoms with Gasteiger partial charge in [-0.1, -0.05) is 17.7 Å². The molecule has 0 amide bonds. The number of aryl methyl sites for hydroxylation is 1. The quantitative estimate of drug-likeness (QED) is 0.748. The molecule has 3 heteroatoms. The van der Waals surface area contributed by atoms with Crippen molar-refractivity contribution >= 4 is 11.6 Å². The van der Waals surface area contributed by atoms with Crippen molar-refractivity contribution in [2.45, 2.75) is 6.92 Å². The van der Waals surface area contributed by atoms with Crippen LogP contribution in [0.4, 0.5) is 0 Å². The number of hydrogen-bond donors (Lipinski definition) is 0. The van der Waals surface area contributed by atoms with Crippen LogP contribution >= 0.6 is 11.6 Å². The summed E-state index contributed by atoms with van der Waals surface area (Å²) < 4.78 is 0. The molecule has 0 N–H and O–H groups in total. The Balaban J connectivity index is 2.69. The predicted molar refractivity (Wildman–Crippen MR) is 64.1 cm³/mol. The summed E-state index contributed by atoms with van der Waals surface area (Å²) in [4.78, 5) is 4.21. The number of rotatable bonds is 1. The van der Waals surface area contributed by atoms with Crippen LogP contribution in [0.3, 0.4) is 0 Å². The molecule has 0 aliphatic carbocycles. The van der Waals surface area contributed by atoms with Gasteiger partial charge in [-0.05, 0) is 31.2 Å². The van der Waals surface area contributed by atoms with Gasteiger partial charge in [0.1, 0.15) is 0 Å². The van der Waals surface area contributed by atoms with Crippen molar-refractivity contribution in [3.05, 3.63) is 52.8 Å². The van der Waals surface area contributed by atoms with Crippen LogP contribution in [0.25, 0.3) is 11.1 Å². The highest BCUT2D eigenvalue weighted by atomic mass is 35.5. The molecule has 0 saturated carbocycles. The molecule has 1 aromatic carbocycles. The van der Waals surface area contributed by atoms with Crippen molar-refractivity contribution < 1.29 is 0 Å². The second kappa shape index (κ2) is 4.34. The molecule has 1 heterocycles. The highest BCUT2D eigenvalue weighted by molar-refractivity contribution is 6.30. The van der Waals surface area contributed by atoms with Gasteiger partial charge in [-0.25, -0.2) is 0 Å². The first kappa shape index (κ1) is 10.7. The standard InChI is InChI=1S/C13H9ClN2/c1-9-12(3-2-6-16-9)13-7-11(14)5-4-10(13)8-15/h2-7H,1H3. The molecule has 2 rings (SSSR count). The fourth-order valence-corrected chi connectivity index (χ4v) is 1.78. The lowest BCUT2D eigenvalue weighted by molar-refractivity contribution is 1.20. The molecule has 0 aliphatic heterocycles. The van der Waals surface area contributed by atoms with E-state index in [9.17, 15) is 0 Å². The molecule has 16 heavy (non-hydrogen) atoms. The van der Waals surface area contributed by atoms with Gasteiger partial charge in [0.2, 0.25) is 0 Å². The highest BCUT2D eigenvalue weighted by Gasteiger charge is 2.08. The third-order valence-electron chi connectivity index (χ3n) is 2.40. The van der Waals surface area contributed by atoms with Crippen molar-refractivity contribution in [2.24, 2.45) is 0 Å². The Morgan fingerprint density at radius 2 is 2.06 bits per heavy atom. The molecule has 0 aliphatic rings. The minimum absolute atomic E-state index is 0.612. The number of nitrogens with zero attached hydrogens (tertiary/aromatic N) is 2. The Morgan fingerprint density at radius 1 is 1.25 bits per heavy atom. The zero-order chi connectivity index (χ0) is 11.5. The molecule has 0 radical (unpaired) electrons. The van der Waals surface area contributed by atoms with Gasteiger partial charge < -0.3 is 0 Å². The van der Waals surface area contributed by atoms with Gasteiger partial charge in [-0.2, -0.15) is 5.26 Å². The molecule has 0 saturated heterocycles. The fraction of sp³-hybridized carbons (Fsp3) is 0.0769. The summed E-state index contributed by atoms with van der Waals surface area (Å²) in [7, 11) is 0. The lowest BCUT2D eigenvalue weighted by Crippen LogP contribution is -1.89. The van der Waals surface area contributed by atoms with E-state index in [4.69, 9.17) is 16.9 Å². The van der Waals surface area contributed by atoms with E-state index in [1.165, 1.54) is 0 Å². The first-order valence-electron chi connectivity index (χ1n) is 4.84. The molecule has 0 fully saturated rings. The lowest BCUT2D eigenvalue weighted by Gasteiger charge is -2.07. The molecule has 2 aromatic rings. The highest BCUT2D eigenvalue weighted by Crippen LogP contribution is 2.28. The van der Waals surface area contributed by atoms with Crippen LogP contribution in [-0.4, -0.2) is 4.98 Å². The molecule has 0 atom stereocenters. The van der Waals surface area contributed by atoms with Gasteiger partial charge in [-0.15, -0.1) is 0 Å². The largest absolute Gasteiger partial charge is 0.261 e. The minimum atomic E-state index is 0.612. The summed E-state index contributed by atoms with van der Waals surface area (Å²) in [6.45, 7) is 1.91. The van der Waals surface area contributed by atoms with Crippen molar-refractivity contribution in [2.75, 3.05) is 0 Å². The van der Waals surface area contributed by atoms with Gasteiger partial charge in [0.15, 0.2) is 0 Å². The van der Waals surface area contributed by atoms with Crippen LogP contribution in [0.15, 0.2) is 36.5 Å². The van der Waals surface area contributed by atoms with Crippen molar-refractivity contribution in [3.8, 4) is 17.2 Å². The molecular weight excluding hydrogens is 220 g/mol. The second-order valence-corrected chi connectivity index (χ2v) is 3.87. The molecule has 0 spiro atoms. The van der Waals surface area contributed by atoms with Gasteiger partial charge >= 0.3 is 0 Å². The van der Waals surface area contributed by atoms with Crippen molar-refractivity contribution in [3.63, 3.8) is 0 Å². The second-order valence-electron chi connectivity index (χ2n) is 3.44. The Kier molecular flexibility index (Phi) is 2.89. The first-order valence-corrected chi connectivity index (χ1v) is 5.22. The monoisotopic (exact) mass is 228 g/mol. The maximum absolute atomic E-state index is 9.05. The molecule has 78 valence electrons. The average molecular weight is 229 g/mol. The molecule has 0 bridgehead atoms. The van der Waals surface area contributed by atoms with Crippen LogP contribution < -0.4 is 0 Å². The molecule has 2 nitrogen and oxygen atoms in total. The average Bonchev–Trinajstić information content (AvgIpc) is 2.29. The van der Waals surface area contributed by atoms with Crippen LogP contribution in [0, 0.1) is 18.3 Å². The number of benzene rings is 1. The van der Waals surface area contributed by atoms with Crippen LogP contribution in [0.2, 0.25) is 5.02 Å². The third kappa shape index (κ3) is 1.91. The summed E-state index contributed by atoms with van der Waals surface area (Å²) in [6.07, 6.45) is 1.73. The minimum Gasteiger partial charge on any atom is -0.261 e. The summed E-state index contributed by atoms with van der Waals surface area (Å²) >= 11 is 5.95. The number of aromatic nitrogens is 1. The van der Waals surface area contributed by atoms with E-state index in [0.29, 0.717) is 10.6 Å². The Morgan fingerprint density at radius 3 is 2.75 bits per heavy atom. The maximum atomic E-state index is 9.05. The molecular formula is C13H9ClN2. The summed E-state index contributed by atoms with van der Waals surface area (Å²) in [6, 6.07) is 11.2. The van der Waals surface area contributed by atoms with E-state index >= 15 is 0 Å². The van der Waals surface area contributed by atoms with E-state index < -0.39 is 0 Å². The summed E-state index contributed by atoms with van der Waals surface area (Å²) in [5.41, 5.74) is 3.28. The zero-order valence-electron chi connectivity index (χ0n) is 8.74. The fourth-order valence-electron chi connectivity index (χ4n) is 1.61. The van der Waals surface area contributed by atoms with Crippen LogP contribution in [-0.2, 0) is 0 Å². The predicted octanol–water partition coefficient (Wildman–Crippen LogP) is 3.58. The molecule has 1 aromatic heterocycles. The number of pyridine rings is 1. The van der Waals surface area contributed by atoms with E-state index in [2.05, 4.69) is 11.1 Å². The maximum Gasteiger partial charge on any atom is 0.0998 e. The Labute approximate surface area is 99.1 Å². The van der Waals surface area contributed by atoms with E-state index in [0.717, 1.165) is 16.8 Å². The van der Waals surface area contributed by atoms with E-state index in [-0.39, 0.29) is 0 Å². The van der Waals surface area contributed by atoms with Gasteiger partial charge in [-0.3, -0.25) is 4.98 Å². The van der Waals surface area contributed by atoms with E-state index in [1.54, 1.807) is 24.4 Å². The first-order chi connectivity index (χ1) is 7.72. The van der Waals surface area contributed by atoms with E-state index in [1.807, 2.05) is 19.1 Å². The summed E-state index contributed by atoms with van der Waals surface area (Å²) in [5.74, 6) is 0. The lowest BCUT2D eigenvalue weighted by atomic mass is 9.99. The number of halogens is 1. The van der Waals surface area contributed by atoms with Crippen molar-refractivity contribution in [1.82, 2.24) is 4.98 Å². The summed E-state index contributed by atoms with van der Waals surface area (Å²) in [5, 5.41) is 9.67. The van der Waals surface area contributed by atoms with Crippen molar-refractivity contribution in [1.29, 1.82) is 5.26 Å². The Hall–Kier alpha value is -1.85. The SMILES string of the molecule is Cc1ncccc1-c1cc(Cl)ccc1C#N. The van der Waals surface area contributed by atoms with Crippen LogP contribution in [0.5, 0.6) is 0 Å². The number of hydrogen-bond acceptors (Lipinski definition) is 2. The Bertz CT molecular complexity index is 570. The smallest absolute Gasteiger partial charge is 0.0998 e. The van der Waals surface area contributed by atoms with Crippen LogP contribution in [0.1, 0.15) is 11.3 Å². The van der Waals surface area contributed by atoms with Gasteiger partial charge in [0.25, 0.3) is 0 Å². The van der Waals surface area contributed by atoms with Gasteiger partial charge in [0, 0.05) is 28.0 Å². The number of nitriles is 1. The molecule has 0 unspecified atom stereocenters. The zero-order valence-corrected chi connectivity index (χ0v) is 9.49. The van der Waals surface area contributed by atoms with Gasteiger partial charge in [0.05, 0.1) is 11.6 Å². The normalized spacial score (nSPS) is 9.81. The topological polar surface area (TPSA) is 36.7 Å².